The van der Waals surface area contributed by atoms with Gasteiger partial charge in [0.05, 0.1) is 12.5 Å². The maximum Gasteiger partial charge on any atom is 0.410 e. The Kier molecular flexibility index (Phi) is 3.90. The Morgan fingerprint density at radius 2 is 1.96 bits per heavy atom. The molecule has 1 amide bonds. The van der Waals surface area contributed by atoms with E-state index in [9.17, 15) is 9.59 Å². The van der Waals surface area contributed by atoms with Crippen molar-refractivity contribution < 1.29 is 19.1 Å². The number of methoxy groups -OCH3 is 1. The van der Waals surface area contributed by atoms with E-state index in [1.807, 2.05) is 25.7 Å². The monoisotopic (exact) mass is 338 g/mol. The minimum Gasteiger partial charge on any atom is -0.469 e. The van der Waals surface area contributed by atoms with Gasteiger partial charge in [-0.05, 0) is 57.8 Å². The second-order valence-corrected chi connectivity index (χ2v) is 8.96. The summed E-state index contributed by atoms with van der Waals surface area (Å²) in [5.74, 6) is 0.221. The molecule has 3 rings (SSSR count). The summed E-state index contributed by atoms with van der Waals surface area (Å²) >= 11 is 0. The third kappa shape index (κ3) is 2.41. The number of amides is 1. The van der Waals surface area contributed by atoms with E-state index in [1.54, 1.807) is 0 Å². The van der Waals surface area contributed by atoms with Crippen molar-refractivity contribution in [1.29, 1.82) is 0 Å². The molecule has 0 aromatic heterocycles. The quantitative estimate of drug-likeness (QED) is 0.781. The molecule has 1 spiro atoms. The van der Waals surface area contributed by atoms with Gasteiger partial charge in [0.1, 0.15) is 5.60 Å². The van der Waals surface area contributed by atoms with Crippen LogP contribution in [0.1, 0.15) is 53.4 Å². The van der Waals surface area contributed by atoms with Crippen molar-refractivity contribution in [1.82, 2.24) is 4.90 Å². The van der Waals surface area contributed by atoms with Gasteiger partial charge in [0.2, 0.25) is 0 Å². The summed E-state index contributed by atoms with van der Waals surface area (Å²) < 4.78 is 10.6. The highest BCUT2D eigenvalue weighted by Crippen LogP contribution is 2.72. The van der Waals surface area contributed by atoms with Gasteiger partial charge in [0, 0.05) is 18.6 Å². The van der Waals surface area contributed by atoms with Crippen LogP contribution >= 0.6 is 0 Å². The highest BCUT2D eigenvalue weighted by atomic mass is 16.6. The van der Waals surface area contributed by atoms with Gasteiger partial charge in [0.15, 0.2) is 0 Å². The summed E-state index contributed by atoms with van der Waals surface area (Å²) in [6.07, 6.45) is 3.16. The standard InChI is InChI=1S/C18H30N2O4/c1-11-6-12-7-17(9-18(17,10-19)14(21)23-5)8-13(11)20(12)15(22)24-16(2,3)4/h11-13H,6-10,19H2,1-5H3. The van der Waals surface area contributed by atoms with Crippen molar-refractivity contribution in [2.24, 2.45) is 22.5 Å². The normalized spacial score (nSPS) is 40.6. The minimum atomic E-state index is -0.553. The minimum absolute atomic E-state index is 0.104. The summed E-state index contributed by atoms with van der Waals surface area (Å²) in [5, 5.41) is 0. The molecule has 136 valence electrons. The Labute approximate surface area is 144 Å². The molecule has 2 N–H and O–H groups in total. The molecule has 2 bridgehead atoms. The van der Waals surface area contributed by atoms with Gasteiger partial charge in [-0.3, -0.25) is 4.79 Å². The summed E-state index contributed by atoms with van der Waals surface area (Å²) in [6.45, 7) is 8.17. The maximum atomic E-state index is 12.7. The molecule has 0 radical (unpaired) electrons. The summed E-state index contributed by atoms with van der Waals surface area (Å²) in [4.78, 5) is 26.9. The van der Waals surface area contributed by atoms with Gasteiger partial charge in [-0.1, -0.05) is 6.92 Å². The lowest BCUT2D eigenvalue weighted by Gasteiger charge is -2.42. The van der Waals surface area contributed by atoms with Crippen LogP contribution in [0.4, 0.5) is 4.79 Å². The van der Waals surface area contributed by atoms with E-state index < -0.39 is 11.0 Å². The lowest BCUT2D eigenvalue weighted by molar-refractivity contribution is -0.149. The van der Waals surface area contributed by atoms with Crippen molar-refractivity contribution in [3.05, 3.63) is 0 Å². The van der Waals surface area contributed by atoms with Crippen molar-refractivity contribution in [3.8, 4) is 0 Å². The van der Waals surface area contributed by atoms with Crippen molar-refractivity contribution >= 4 is 12.1 Å². The second-order valence-electron chi connectivity index (χ2n) is 8.96. The van der Waals surface area contributed by atoms with Crippen LogP contribution in [0.15, 0.2) is 0 Å². The number of carbonyl (C=O) groups is 2. The van der Waals surface area contributed by atoms with Gasteiger partial charge in [-0.2, -0.15) is 0 Å². The van der Waals surface area contributed by atoms with Crippen LogP contribution in [-0.4, -0.2) is 48.3 Å². The third-order valence-corrected chi connectivity index (χ3v) is 6.34. The molecule has 0 aromatic rings. The van der Waals surface area contributed by atoms with Crippen molar-refractivity contribution in [3.63, 3.8) is 0 Å². The average Bonchev–Trinajstić information content (AvgIpc) is 3.04. The van der Waals surface area contributed by atoms with Crippen LogP contribution in [-0.2, 0) is 14.3 Å². The lowest BCUT2D eigenvalue weighted by Crippen LogP contribution is -2.51. The zero-order chi connectivity index (χ0) is 17.9. The van der Waals surface area contributed by atoms with E-state index in [2.05, 4.69) is 6.92 Å². The largest absolute Gasteiger partial charge is 0.469 e. The Balaban J connectivity index is 1.81. The smallest absolute Gasteiger partial charge is 0.410 e. The summed E-state index contributed by atoms with van der Waals surface area (Å²) in [7, 11) is 1.43. The highest BCUT2D eigenvalue weighted by molar-refractivity contribution is 5.82. The number of hydrogen-bond acceptors (Lipinski definition) is 5. The maximum absolute atomic E-state index is 12.7. The van der Waals surface area contributed by atoms with Crippen molar-refractivity contribution in [2.45, 2.75) is 71.1 Å². The topological polar surface area (TPSA) is 81.9 Å². The molecule has 2 heterocycles. The molecular formula is C18H30N2O4. The molecule has 2 saturated heterocycles. The van der Waals surface area contributed by atoms with E-state index in [0.29, 0.717) is 12.5 Å². The average molecular weight is 338 g/mol. The summed E-state index contributed by atoms with van der Waals surface area (Å²) in [5.41, 5.74) is 4.81. The molecule has 1 saturated carbocycles. The fraction of sp³-hybridized carbons (Fsp3) is 0.889. The van der Waals surface area contributed by atoms with E-state index in [4.69, 9.17) is 15.2 Å². The number of fused-ring (bicyclic) bond motifs is 2. The molecule has 6 heteroatoms. The zero-order valence-electron chi connectivity index (χ0n) is 15.4. The first kappa shape index (κ1) is 17.5. The van der Waals surface area contributed by atoms with Gasteiger partial charge in [-0.15, -0.1) is 0 Å². The molecule has 5 atom stereocenters. The Bertz CT molecular complexity index is 558. The number of hydrogen-bond donors (Lipinski definition) is 1. The number of nitrogens with two attached hydrogens (primary N) is 1. The predicted molar refractivity (Wildman–Crippen MR) is 89.2 cm³/mol. The van der Waals surface area contributed by atoms with Crippen LogP contribution in [0.2, 0.25) is 0 Å². The fourth-order valence-electron chi connectivity index (χ4n) is 5.18. The van der Waals surface area contributed by atoms with E-state index in [1.165, 1.54) is 7.11 Å². The summed E-state index contributed by atoms with van der Waals surface area (Å²) in [6, 6.07) is 0.253. The molecule has 5 unspecified atom stereocenters. The predicted octanol–water partition coefficient (Wildman–Crippen LogP) is 2.30. The fourth-order valence-corrected chi connectivity index (χ4v) is 5.18. The van der Waals surface area contributed by atoms with Crippen LogP contribution in [0.3, 0.4) is 0 Å². The number of piperidine rings is 1. The van der Waals surface area contributed by atoms with Crippen LogP contribution < -0.4 is 5.73 Å². The number of rotatable bonds is 2. The first-order valence-electron chi connectivity index (χ1n) is 8.89. The molecule has 24 heavy (non-hydrogen) atoms. The van der Waals surface area contributed by atoms with Gasteiger partial charge >= 0.3 is 12.1 Å². The molecule has 3 fully saturated rings. The van der Waals surface area contributed by atoms with Gasteiger partial charge in [-0.25, -0.2) is 4.79 Å². The first-order valence-corrected chi connectivity index (χ1v) is 8.89. The Morgan fingerprint density at radius 1 is 1.29 bits per heavy atom. The lowest BCUT2D eigenvalue weighted by atomic mass is 9.79. The van der Waals surface area contributed by atoms with Crippen LogP contribution in [0.5, 0.6) is 0 Å². The van der Waals surface area contributed by atoms with Crippen molar-refractivity contribution in [2.75, 3.05) is 13.7 Å². The third-order valence-electron chi connectivity index (χ3n) is 6.34. The van der Waals surface area contributed by atoms with E-state index >= 15 is 0 Å². The van der Waals surface area contributed by atoms with Crippen LogP contribution in [0, 0.1) is 16.7 Å². The SMILES string of the molecule is COC(=O)C1(CN)CC12CC1CC(C)C(C2)N1C(=O)OC(C)(C)C. The molecule has 0 aromatic carbocycles. The molecule has 2 aliphatic heterocycles. The van der Waals surface area contributed by atoms with E-state index in [0.717, 1.165) is 25.7 Å². The van der Waals surface area contributed by atoms with Gasteiger partial charge in [0.25, 0.3) is 0 Å². The zero-order valence-corrected chi connectivity index (χ0v) is 15.4. The number of ether oxygens (including phenoxy) is 2. The molecule has 1 aliphatic carbocycles. The molecular weight excluding hydrogens is 308 g/mol. The van der Waals surface area contributed by atoms with E-state index in [-0.39, 0.29) is 29.6 Å². The number of carbonyl (C=O) groups excluding carboxylic acids is 2. The van der Waals surface area contributed by atoms with Crippen LogP contribution in [0.25, 0.3) is 0 Å². The first-order chi connectivity index (χ1) is 11.1. The molecule has 3 aliphatic rings. The highest BCUT2D eigenvalue weighted by Gasteiger charge is 2.75. The molecule has 6 nitrogen and oxygen atoms in total. The number of nitrogens with zero attached hydrogens (tertiary/aromatic N) is 1. The second kappa shape index (κ2) is 5.35. The Hall–Kier alpha value is -1.30. The Morgan fingerprint density at radius 3 is 2.46 bits per heavy atom. The van der Waals surface area contributed by atoms with Gasteiger partial charge < -0.3 is 20.1 Å². The number of esters is 1.